The SMILES string of the molecule is CC1(C)CCCN(Nc2nc(NN)nc(NN3CCCC(C)(C)C3(C)C)n2)C1(C)C. The first-order chi connectivity index (χ1) is 13.8. The van der Waals surface area contributed by atoms with Crippen LogP contribution >= 0.6 is 0 Å². The second kappa shape index (κ2) is 7.76. The zero-order chi connectivity index (χ0) is 22.4. The number of piperidine rings is 2. The van der Waals surface area contributed by atoms with Crippen LogP contribution < -0.4 is 22.1 Å². The number of nitrogens with one attached hydrogen (secondary N) is 3. The summed E-state index contributed by atoms with van der Waals surface area (Å²) < 4.78 is 0. The van der Waals surface area contributed by atoms with Crippen LogP contribution in [0.3, 0.4) is 0 Å². The first-order valence-corrected chi connectivity index (χ1v) is 11.1. The van der Waals surface area contributed by atoms with Crippen LogP contribution in [0.25, 0.3) is 0 Å². The summed E-state index contributed by atoms with van der Waals surface area (Å²) in [5, 5.41) is 4.48. The molecule has 9 heteroatoms. The Balaban J connectivity index is 1.84. The molecule has 0 spiro atoms. The second-order valence-corrected chi connectivity index (χ2v) is 11.1. The standard InChI is InChI=1S/C21H41N9/c1-18(2)11-9-13-29(20(18,5)6)27-16-23-15(26-22)24-17(25-16)28-30-14-10-12-19(3,4)21(30,7)8/h9-14,22H2,1-8H3,(H3,23,24,25,26,27,28). The van der Waals surface area contributed by atoms with Crippen LogP contribution in [0, 0.1) is 10.8 Å². The molecule has 0 amide bonds. The van der Waals surface area contributed by atoms with E-state index in [2.05, 4.69) is 96.6 Å². The van der Waals surface area contributed by atoms with Crippen molar-refractivity contribution in [2.75, 3.05) is 29.4 Å². The minimum absolute atomic E-state index is 0.0549. The fourth-order valence-electron chi connectivity index (χ4n) is 4.43. The Morgan fingerprint density at radius 2 is 1.03 bits per heavy atom. The Labute approximate surface area is 181 Å². The molecule has 1 aromatic rings. The van der Waals surface area contributed by atoms with E-state index in [4.69, 9.17) is 5.84 Å². The quantitative estimate of drug-likeness (QED) is 0.420. The maximum absolute atomic E-state index is 5.66. The molecular formula is C21H41N9. The van der Waals surface area contributed by atoms with Crippen molar-refractivity contribution in [2.45, 2.75) is 92.2 Å². The minimum atomic E-state index is -0.0549. The number of nitrogens with zero attached hydrogens (tertiary/aromatic N) is 5. The van der Waals surface area contributed by atoms with Gasteiger partial charge in [-0.2, -0.15) is 15.0 Å². The van der Waals surface area contributed by atoms with Gasteiger partial charge in [0.2, 0.25) is 17.8 Å². The third-order valence-electron chi connectivity index (χ3n) is 8.26. The first-order valence-electron chi connectivity index (χ1n) is 11.1. The number of nitrogens with two attached hydrogens (primary N) is 1. The van der Waals surface area contributed by atoms with Gasteiger partial charge in [-0.15, -0.1) is 0 Å². The Kier molecular flexibility index (Phi) is 5.94. The van der Waals surface area contributed by atoms with E-state index < -0.39 is 0 Å². The smallest absolute Gasteiger partial charge is 0.244 e. The minimum Gasteiger partial charge on any atom is -0.292 e. The second-order valence-electron chi connectivity index (χ2n) is 11.1. The number of rotatable bonds is 5. The van der Waals surface area contributed by atoms with Crippen LogP contribution in [0.5, 0.6) is 0 Å². The van der Waals surface area contributed by atoms with Crippen molar-refractivity contribution in [3.8, 4) is 0 Å². The predicted octanol–water partition coefficient (Wildman–Crippen LogP) is 3.61. The lowest BCUT2D eigenvalue weighted by Gasteiger charge is -2.53. The molecule has 5 N–H and O–H groups in total. The molecular weight excluding hydrogens is 378 g/mol. The molecule has 0 unspecified atom stereocenters. The van der Waals surface area contributed by atoms with Crippen molar-refractivity contribution in [1.29, 1.82) is 0 Å². The fraction of sp³-hybridized carbons (Fsp3) is 0.857. The van der Waals surface area contributed by atoms with Gasteiger partial charge < -0.3 is 0 Å². The van der Waals surface area contributed by atoms with Crippen LogP contribution in [0.15, 0.2) is 0 Å². The van der Waals surface area contributed by atoms with Gasteiger partial charge in [-0.1, -0.05) is 27.7 Å². The highest BCUT2D eigenvalue weighted by molar-refractivity contribution is 5.41. The van der Waals surface area contributed by atoms with Crippen LogP contribution in [0.1, 0.15) is 81.1 Å². The highest BCUT2D eigenvalue weighted by Gasteiger charge is 2.46. The summed E-state index contributed by atoms with van der Waals surface area (Å²) in [7, 11) is 0. The van der Waals surface area contributed by atoms with Gasteiger partial charge in [0.25, 0.3) is 0 Å². The molecule has 2 saturated heterocycles. The van der Waals surface area contributed by atoms with Gasteiger partial charge in [0.1, 0.15) is 0 Å². The van der Waals surface area contributed by atoms with E-state index >= 15 is 0 Å². The van der Waals surface area contributed by atoms with Gasteiger partial charge in [0.15, 0.2) is 0 Å². The van der Waals surface area contributed by atoms with Crippen molar-refractivity contribution < 1.29 is 0 Å². The highest BCUT2D eigenvalue weighted by atomic mass is 15.6. The molecule has 3 heterocycles. The maximum Gasteiger partial charge on any atom is 0.244 e. The van der Waals surface area contributed by atoms with Crippen LogP contribution in [0.4, 0.5) is 17.8 Å². The third-order valence-corrected chi connectivity index (χ3v) is 8.26. The van der Waals surface area contributed by atoms with Crippen molar-refractivity contribution in [3.05, 3.63) is 0 Å². The molecule has 1 aromatic heterocycles. The molecule has 30 heavy (non-hydrogen) atoms. The van der Waals surface area contributed by atoms with E-state index in [-0.39, 0.29) is 21.9 Å². The molecule has 0 atom stereocenters. The molecule has 2 aliphatic rings. The largest absolute Gasteiger partial charge is 0.292 e. The molecule has 2 fully saturated rings. The summed E-state index contributed by atoms with van der Waals surface area (Å²) in [6, 6.07) is 0. The molecule has 0 saturated carbocycles. The highest BCUT2D eigenvalue weighted by Crippen LogP contribution is 2.44. The number of hydrazine groups is 3. The van der Waals surface area contributed by atoms with E-state index in [0.29, 0.717) is 17.8 Å². The van der Waals surface area contributed by atoms with Crippen molar-refractivity contribution in [1.82, 2.24) is 25.0 Å². The summed E-state index contributed by atoms with van der Waals surface area (Å²) in [4.78, 5) is 13.6. The summed E-state index contributed by atoms with van der Waals surface area (Å²) >= 11 is 0. The van der Waals surface area contributed by atoms with E-state index in [1.54, 1.807) is 0 Å². The van der Waals surface area contributed by atoms with Gasteiger partial charge in [-0.3, -0.25) is 16.3 Å². The van der Waals surface area contributed by atoms with Crippen molar-refractivity contribution in [2.24, 2.45) is 16.7 Å². The molecule has 9 nitrogen and oxygen atoms in total. The Bertz CT molecular complexity index is 699. The average Bonchev–Trinajstić information content (AvgIpc) is 2.63. The van der Waals surface area contributed by atoms with Crippen LogP contribution in [-0.4, -0.2) is 49.1 Å². The van der Waals surface area contributed by atoms with Gasteiger partial charge in [0.05, 0.1) is 0 Å². The number of hydrogen-bond donors (Lipinski definition) is 4. The van der Waals surface area contributed by atoms with Crippen LogP contribution in [0.2, 0.25) is 0 Å². The summed E-state index contributed by atoms with van der Waals surface area (Å²) in [5.41, 5.74) is 9.68. The van der Waals surface area contributed by atoms with Crippen molar-refractivity contribution >= 4 is 17.8 Å². The molecule has 0 radical (unpaired) electrons. The van der Waals surface area contributed by atoms with Gasteiger partial charge in [-0.05, 0) is 64.2 Å². The van der Waals surface area contributed by atoms with E-state index in [9.17, 15) is 0 Å². The summed E-state index contributed by atoms with van der Waals surface area (Å²) in [5.74, 6) is 6.97. The lowest BCUT2D eigenvalue weighted by Crippen LogP contribution is -2.60. The van der Waals surface area contributed by atoms with Gasteiger partial charge in [0, 0.05) is 24.2 Å². The lowest BCUT2D eigenvalue weighted by atomic mass is 9.69. The summed E-state index contributed by atoms with van der Waals surface area (Å²) in [6.45, 7) is 20.2. The number of aromatic nitrogens is 3. The molecule has 0 aliphatic carbocycles. The number of anilines is 3. The topological polar surface area (TPSA) is 107 Å². The first kappa shape index (κ1) is 23.0. The molecule has 0 aromatic carbocycles. The average molecular weight is 420 g/mol. The van der Waals surface area contributed by atoms with Gasteiger partial charge in [-0.25, -0.2) is 15.9 Å². The van der Waals surface area contributed by atoms with Gasteiger partial charge >= 0.3 is 0 Å². The number of nitrogen functional groups attached to an aromatic ring is 1. The normalized spacial score (nSPS) is 25.5. The maximum atomic E-state index is 5.66. The Hall–Kier alpha value is -1.71. The van der Waals surface area contributed by atoms with Crippen LogP contribution in [-0.2, 0) is 0 Å². The van der Waals surface area contributed by atoms with E-state index in [1.807, 2.05) is 0 Å². The Morgan fingerprint density at radius 3 is 1.40 bits per heavy atom. The third kappa shape index (κ3) is 4.07. The number of hydrogen-bond acceptors (Lipinski definition) is 9. The zero-order valence-corrected chi connectivity index (χ0v) is 20.1. The van der Waals surface area contributed by atoms with E-state index in [0.717, 1.165) is 25.9 Å². The molecule has 3 rings (SSSR count). The Morgan fingerprint density at radius 1 is 0.667 bits per heavy atom. The predicted molar refractivity (Wildman–Crippen MR) is 122 cm³/mol. The molecule has 2 aliphatic heterocycles. The zero-order valence-electron chi connectivity index (χ0n) is 20.1. The monoisotopic (exact) mass is 419 g/mol. The van der Waals surface area contributed by atoms with E-state index in [1.165, 1.54) is 12.8 Å². The fourth-order valence-corrected chi connectivity index (χ4v) is 4.43. The lowest BCUT2D eigenvalue weighted by molar-refractivity contribution is -0.0145. The molecule has 170 valence electrons. The van der Waals surface area contributed by atoms with Crippen molar-refractivity contribution in [3.63, 3.8) is 0 Å². The summed E-state index contributed by atoms with van der Waals surface area (Å²) in [6.07, 6.45) is 4.63. The molecule has 0 bridgehead atoms.